The Balaban J connectivity index is 2.12. The molecule has 0 bridgehead atoms. The van der Waals surface area contributed by atoms with Crippen molar-refractivity contribution >= 4 is 12.0 Å². The van der Waals surface area contributed by atoms with Crippen molar-refractivity contribution in [1.82, 2.24) is 15.4 Å². The molecule has 2 heterocycles. The Kier molecular flexibility index (Phi) is 2.79. The summed E-state index contributed by atoms with van der Waals surface area (Å²) in [7, 11) is 0. The molecule has 0 unspecified atom stereocenters. The van der Waals surface area contributed by atoms with E-state index in [4.69, 9.17) is 5.84 Å². The summed E-state index contributed by atoms with van der Waals surface area (Å²) in [4.78, 5) is 4.19. The molecule has 5 heteroatoms. The molecule has 0 saturated carbocycles. The minimum atomic E-state index is -0.0820. The normalized spacial score (nSPS) is 18.1. The number of rotatable bonds is 1. The molecule has 5 nitrogen and oxygen atoms in total. The molecule has 3 rings (SSSR count). The molecule has 3 N–H and O–H groups in total. The van der Waals surface area contributed by atoms with E-state index in [0.29, 0.717) is 0 Å². The Labute approximate surface area is 119 Å². The fourth-order valence-electron chi connectivity index (χ4n) is 2.41. The maximum atomic E-state index is 6.07. The van der Waals surface area contributed by atoms with E-state index >= 15 is 0 Å². The first-order chi connectivity index (χ1) is 9.48. The van der Waals surface area contributed by atoms with Gasteiger partial charge in [0.1, 0.15) is 17.7 Å². The summed E-state index contributed by atoms with van der Waals surface area (Å²) in [5.74, 6) is 6.07. The SMILES string of the molecule is CC(C)(C)N1NC(c2ccccc2)=C2C1=CN=CN2N. The second-order valence-electron chi connectivity index (χ2n) is 5.89. The topological polar surface area (TPSA) is 56.9 Å². The molecule has 20 heavy (non-hydrogen) atoms. The van der Waals surface area contributed by atoms with Crippen LogP contribution in [0.2, 0.25) is 0 Å². The van der Waals surface area contributed by atoms with Crippen LogP contribution in [0.1, 0.15) is 26.3 Å². The highest BCUT2D eigenvalue weighted by atomic mass is 15.6. The fourth-order valence-corrected chi connectivity index (χ4v) is 2.41. The molecular formula is C15H19N5. The van der Waals surface area contributed by atoms with Crippen LogP contribution in [0.5, 0.6) is 0 Å². The van der Waals surface area contributed by atoms with Crippen LogP contribution < -0.4 is 11.3 Å². The van der Waals surface area contributed by atoms with E-state index in [-0.39, 0.29) is 5.54 Å². The number of hydrazine groups is 2. The lowest BCUT2D eigenvalue weighted by atomic mass is 10.1. The smallest absolute Gasteiger partial charge is 0.111 e. The first-order valence-electron chi connectivity index (χ1n) is 6.63. The molecule has 0 radical (unpaired) electrons. The fraction of sp³-hybridized carbons (Fsp3) is 0.267. The third-order valence-electron chi connectivity index (χ3n) is 3.32. The molecule has 0 amide bonds. The zero-order valence-electron chi connectivity index (χ0n) is 12.0. The monoisotopic (exact) mass is 269 g/mol. The number of nitrogens with zero attached hydrogens (tertiary/aromatic N) is 3. The first-order valence-corrected chi connectivity index (χ1v) is 6.63. The highest BCUT2D eigenvalue weighted by Crippen LogP contribution is 2.36. The van der Waals surface area contributed by atoms with Crippen LogP contribution >= 0.6 is 0 Å². The zero-order chi connectivity index (χ0) is 14.3. The van der Waals surface area contributed by atoms with Gasteiger partial charge in [-0.05, 0) is 20.8 Å². The second-order valence-corrected chi connectivity index (χ2v) is 5.89. The number of nitrogens with one attached hydrogen (secondary N) is 1. The molecule has 1 aromatic carbocycles. The third kappa shape index (κ3) is 1.96. The van der Waals surface area contributed by atoms with Gasteiger partial charge in [0.15, 0.2) is 0 Å². The highest BCUT2D eigenvalue weighted by molar-refractivity contribution is 5.78. The van der Waals surface area contributed by atoms with Gasteiger partial charge >= 0.3 is 0 Å². The average molecular weight is 269 g/mol. The van der Waals surface area contributed by atoms with E-state index in [9.17, 15) is 0 Å². The Morgan fingerprint density at radius 2 is 1.85 bits per heavy atom. The molecule has 0 saturated heterocycles. The largest absolute Gasteiger partial charge is 0.295 e. The number of aliphatic imine (C=N–C) groups is 1. The molecule has 104 valence electrons. The second kappa shape index (κ2) is 4.38. The maximum Gasteiger partial charge on any atom is 0.111 e. The Morgan fingerprint density at radius 1 is 1.15 bits per heavy atom. The van der Waals surface area contributed by atoms with Crippen LogP contribution in [-0.4, -0.2) is 21.9 Å². The Hall–Kier alpha value is -2.27. The van der Waals surface area contributed by atoms with Crippen molar-refractivity contribution in [2.24, 2.45) is 10.8 Å². The van der Waals surface area contributed by atoms with Gasteiger partial charge in [-0.3, -0.25) is 15.4 Å². The zero-order valence-corrected chi connectivity index (χ0v) is 12.0. The lowest BCUT2D eigenvalue weighted by molar-refractivity contribution is 0.159. The van der Waals surface area contributed by atoms with Crippen LogP contribution in [0.4, 0.5) is 0 Å². The number of hydrogen-bond acceptors (Lipinski definition) is 5. The first kappa shape index (κ1) is 12.7. The van der Waals surface area contributed by atoms with Crippen molar-refractivity contribution in [1.29, 1.82) is 0 Å². The molecular weight excluding hydrogens is 250 g/mol. The standard InChI is InChI=1S/C15H19N5/c1-15(2,3)20-12-9-17-10-19(16)14(12)13(18-20)11-7-5-4-6-8-11/h4-10,18H,16H2,1-3H3. The maximum absolute atomic E-state index is 6.07. The summed E-state index contributed by atoms with van der Waals surface area (Å²) in [6.45, 7) is 6.43. The van der Waals surface area contributed by atoms with Crippen LogP contribution in [0.25, 0.3) is 5.70 Å². The molecule has 0 atom stereocenters. The average Bonchev–Trinajstić information content (AvgIpc) is 2.81. The van der Waals surface area contributed by atoms with Crippen molar-refractivity contribution in [3.63, 3.8) is 0 Å². The molecule has 2 aliphatic heterocycles. The summed E-state index contributed by atoms with van der Waals surface area (Å²) >= 11 is 0. The van der Waals surface area contributed by atoms with Gasteiger partial charge in [-0.15, -0.1) is 0 Å². The van der Waals surface area contributed by atoms with Crippen molar-refractivity contribution in [2.45, 2.75) is 26.3 Å². The van der Waals surface area contributed by atoms with Gasteiger partial charge in [0.2, 0.25) is 0 Å². The summed E-state index contributed by atoms with van der Waals surface area (Å²) in [5.41, 5.74) is 7.42. The lowest BCUT2D eigenvalue weighted by Crippen LogP contribution is -2.46. The van der Waals surface area contributed by atoms with E-state index in [2.05, 4.69) is 48.3 Å². The minimum absolute atomic E-state index is 0.0820. The van der Waals surface area contributed by atoms with E-state index in [1.165, 1.54) is 0 Å². The van der Waals surface area contributed by atoms with Crippen LogP contribution in [0.3, 0.4) is 0 Å². The number of fused-ring (bicyclic) bond motifs is 1. The van der Waals surface area contributed by atoms with E-state index in [0.717, 1.165) is 22.7 Å². The van der Waals surface area contributed by atoms with E-state index < -0.39 is 0 Å². The van der Waals surface area contributed by atoms with Crippen molar-refractivity contribution in [3.05, 3.63) is 53.5 Å². The van der Waals surface area contributed by atoms with Gasteiger partial charge in [0.05, 0.1) is 17.4 Å². The Bertz CT molecular complexity index is 607. The van der Waals surface area contributed by atoms with E-state index in [1.54, 1.807) is 11.3 Å². The molecule has 0 aliphatic carbocycles. The van der Waals surface area contributed by atoms with Crippen molar-refractivity contribution in [3.8, 4) is 0 Å². The van der Waals surface area contributed by atoms with Gasteiger partial charge in [-0.25, -0.2) is 10.8 Å². The van der Waals surface area contributed by atoms with Gasteiger partial charge in [0.25, 0.3) is 0 Å². The summed E-state index contributed by atoms with van der Waals surface area (Å²) in [6.07, 6.45) is 3.46. The predicted molar refractivity (Wildman–Crippen MR) is 80.7 cm³/mol. The third-order valence-corrected chi connectivity index (χ3v) is 3.32. The summed E-state index contributed by atoms with van der Waals surface area (Å²) < 4.78 is 0. The molecule has 0 aromatic heterocycles. The van der Waals surface area contributed by atoms with E-state index in [1.807, 2.05) is 24.4 Å². The predicted octanol–water partition coefficient (Wildman–Crippen LogP) is 2.03. The van der Waals surface area contributed by atoms with Gasteiger partial charge < -0.3 is 0 Å². The molecule has 1 aromatic rings. The van der Waals surface area contributed by atoms with Gasteiger partial charge in [-0.2, -0.15) is 0 Å². The van der Waals surface area contributed by atoms with Gasteiger partial charge in [-0.1, -0.05) is 30.3 Å². The minimum Gasteiger partial charge on any atom is -0.295 e. The number of nitrogens with two attached hydrogens (primary N) is 1. The van der Waals surface area contributed by atoms with Gasteiger partial charge in [0, 0.05) is 5.56 Å². The summed E-state index contributed by atoms with van der Waals surface area (Å²) in [5, 5.41) is 3.66. The molecule has 0 spiro atoms. The van der Waals surface area contributed by atoms with Crippen LogP contribution in [-0.2, 0) is 0 Å². The highest BCUT2D eigenvalue weighted by Gasteiger charge is 2.37. The lowest BCUT2D eigenvalue weighted by Gasteiger charge is -2.36. The number of hydrogen-bond donors (Lipinski definition) is 2. The quantitative estimate of drug-likeness (QED) is 0.766. The Morgan fingerprint density at radius 3 is 2.50 bits per heavy atom. The summed E-state index contributed by atoms with van der Waals surface area (Å²) in [6, 6.07) is 10.2. The molecule has 0 fully saturated rings. The van der Waals surface area contributed by atoms with Crippen molar-refractivity contribution < 1.29 is 0 Å². The van der Waals surface area contributed by atoms with Crippen molar-refractivity contribution in [2.75, 3.05) is 0 Å². The number of benzene rings is 1. The van der Waals surface area contributed by atoms with Crippen LogP contribution in [0.15, 0.2) is 52.9 Å². The van der Waals surface area contributed by atoms with Crippen LogP contribution in [0, 0.1) is 0 Å². The molecule has 2 aliphatic rings.